The third-order valence-corrected chi connectivity index (χ3v) is 2.81. The van der Waals surface area contributed by atoms with Gasteiger partial charge in [-0.25, -0.2) is 9.18 Å². The summed E-state index contributed by atoms with van der Waals surface area (Å²) in [7, 11) is 0. The monoisotopic (exact) mass is 307 g/mol. The van der Waals surface area contributed by atoms with E-state index in [-0.39, 0.29) is 18.2 Å². The molecule has 120 valence electrons. The molecule has 0 aromatic heterocycles. The molecule has 0 heterocycles. The third kappa shape index (κ3) is 6.55. The summed E-state index contributed by atoms with van der Waals surface area (Å²) in [5.74, 6) is -0.0102. The van der Waals surface area contributed by atoms with Gasteiger partial charge in [0.2, 0.25) is 0 Å². The summed E-state index contributed by atoms with van der Waals surface area (Å²) < 4.78 is 19.0. The van der Waals surface area contributed by atoms with Gasteiger partial charge in [-0.05, 0) is 31.0 Å². The number of amides is 2. The van der Waals surface area contributed by atoms with E-state index in [1.54, 1.807) is 0 Å². The number of nitrogens with zero attached hydrogens (tertiary/aromatic N) is 1. The van der Waals surface area contributed by atoms with Crippen molar-refractivity contribution in [2.45, 2.75) is 33.4 Å². The fourth-order valence-electron chi connectivity index (χ4n) is 1.75. The van der Waals surface area contributed by atoms with Crippen molar-refractivity contribution < 1.29 is 13.9 Å². The van der Waals surface area contributed by atoms with Crippen LogP contribution in [0.2, 0.25) is 0 Å². The Hall–Kier alpha value is -2.13. The van der Waals surface area contributed by atoms with Gasteiger partial charge in [0.25, 0.3) is 0 Å². The third-order valence-electron chi connectivity index (χ3n) is 2.81. The Labute approximate surface area is 130 Å². The van der Waals surface area contributed by atoms with Crippen LogP contribution in [0.3, 0.4) is 0 Å². The van der Waals surface area contributed by atoms with Gasteiger partial charge >= 0.3 is 6.03 Å². The van der Waals surface area contributed by atoms with Gasteiger partial charge in [-0.3, -0.25) is 0 Å². The Morgan fingerprint density at radius 2 is 2.09 bits per heavy atom. The van der Waals surface area contributed by atoms with Crippen LogP contribution in [0.1, 0.15) is 31.9 Å². The van der Waals surface area contributed by atoms with Gasteiger partial charge in [-0.15, -0.1) is 0 Å². The Bertz CT molecular complexity index is 541. The maximum absolute atomic E-state index is 13.6. The normalized spacial score (nSPS) is 11.8. The molecule has 0 saturated carbocycles. The standard InChI is InChI=1S/C16H22FN3O2/c1-11(2)9-22-10-12(3)20-16(21)19-8-14-6-13(7-18)4-5-15(14)17/h4-6,11-12H,8-10H2,1-3H3,(H2,19,20,21). The van der Waals surface area contributed by atoms with Gasteiger partial charge in [-0.2, -0.15) is 5.26 Å². The minimum Gasteiger partial charge on any atom is -0.379 e. The number of rotatable bonds is 7. The summed E-state index contributed by atoms with van der Waals surface area (Å²) in [5, 5.41) is 14.1. The molecule has 2 N–H and O–H groups in total. The first-order valence-electron chi connectivity index (χ1n) is 7.23. The van der Waals surface area contributed by atoms with Gasteiger partial charge in [0, 0.05) is 18.7 Å². The highest BCUT2D eigenvalue weighted by Gasteiger charge is 2.09. The molecule has 1 rings (SSSR count). The minimum atomic E-state index is -0.451. The minimum absolute atomic E-state index is 0.0206. The molecule has 2 amide bonds. The lowest BCUT2D eigenvalue weighted by atomic mass is 10.1. The van der Waals surface area contributed by atoms with E-state index in [9.17, 15) is 9.18 Å². The molecule has 1 atom stereocenters. The van der Waals surface area contributed by atoms with Crippen LogP contribution in [0.15, 0.2) is 18.2 Å². The number of nitriles is 1. The van der Waals surface area contributed by atoms with E-state index in [0.29, 0.717) is 24.7 Å². The molecule has 1 aromatic rings. The van der Waals surface area contributed by atoms with Crippen molar-refractivity contribution >= 4 is 6.03 Å². The van der Waals surface area contributed by atoms with E-state index in [4.69, 9.17) is 10.00 Å². The average molecular weight is 307 g/mol. The van der Waals surface area contributed by atoms with E-state index < -0.39 is 11.8 Å². The van der Waals surface area contributed by atoms with E-state index in [1.165, 1.54) is 18.2 Å². The molecule has 0 bridgehead atoms. The number of carbonyl (C=O) groups excluding carboxylic acids is 1. The zero-order valence-corrected chi connectivity index (χ0v) is 13.1. The lowest BCUT2D eigenvalue weighted by molar-refractivity contribution is 0.0954. The maximum Gasteiger partial charge on any atom is 0.315 e. The molecule has 1 unspecified atom stereocenters. The Kier molecular flexibility index (Phi) is 7.33. The molecule has 1 aromatic carbocycles. The molecule has 6 heteroatoms. The van der Waals surface area contributed by atoms with Gasteiger partial charge in [0.05, 0.1) is 24.3 Å². The molecule has 0 fully saturated rings. The smallest absolute Gasteiger partial charge is 0.315 e. The van der Waals surface area contributed by atoms with Crippen molar-refractivity contribution in [3.8, 4) is 6.07 Å². The number of hydrogen-bond acceptors (Lipinski definition) is 3. The number of halogens is 1. The van der Waals surface area contributed by atoms with Crippen LogP contribution in [0.4, 0.5) is 9.18 Å². The van der Waals surface area contributed by atoms with Crippen LogP contribution >= 0.6 is 0 Å². The van der Waals surface area contributed by atoms with Gasteiger partial charge in [-0.1, -0.05) is 13.8 Å². The molecular weight excluding hydrogens is 285 g/mol. The summed E-state index contributed by atoms with van der Waals surface area (Å²) in [6.07, 6.45) is 0. The maximum atomic E-state index is 13.6. The quantitative estimate of drug-likeness (QED) is 0.813. The van der Waals surface area contributed by atoms with Gasteiger partial charge < -0.3 is 15.4 Å². The topological polar surface area (TPSA) is 74.2 Å². The number of benzene rings is 1. The second kappa shape index (κ2) is 9.00. The summed E-state index contributed by atoms with van der Waals surface area (Å²) in [5.41, 5.74) is 0.631. The SMILES string of the molecule is CC(C)COCC(C)NC(=O)NCc1cc(C#N)ccc1F. The van der Waals surface area contributed by atoms with Crippen LogP contribution in [0.25, 0.3) is 0 Å². The Balaban J connectivity index is 2.38. The van der Waals surface area contributed by atoms with Crippen molar-refractivity contribution in [2.24, 2.45) is 5.92 Å². The second-order valence-electron chi connectivity index (χ2n) is 5.58. The zero-order valence-electron chi connectivity index (χ0n) is 13.1. The van der Waals surface area contributed by atoms with E-state index in [0.717, 1.165) is 0 Å². The predicted octanol–water partition coefficient (Wildman–Crippen LogP) is 2.56. The van der Waals surface area contributed by atoms with Crippen molar-refractivity contribution in [2.75, 3.05) is 13.2 Å². The molecule has 22 heavy (non-hydrogen) atoms. The average Bonchev–Trinajstić information content (AvgIpc) is 2.46. The number of nitrogens with one attached hydrogen (secondary N) is 2. The lowest BCUT2D eigenvalue weighted by Gasteiger charge is -2.16. The van der Waals surface area contributed by atoms with Crippen molar-refractivity contribution in [1.29, 1.82) is 5.26 Å². The molecule has 0 aliphatic heterocycles. The van der Waals surface area contributed by atoms with Gasteiger partial charge in [0.1, 0.15) is 5.82 Å². The first kappa shape index (κ1) is 17.9. The van der Waals surface area contributed by atoms with E-state index in [1.807, 2.05) is 13.0 Å². The molecule has 0 spiro atoms. The first-order valence-corrected chi connectivity index (χ1v) is 7.23. The second-order valence-corrected chi connectivity index (χ2v) is 5.58. The highest BCUT2D eigenvalue weighted by Crippen LogP contribution is 2.09. The highest BCUT2D eigenvalue weighted by atomic mass is 19.1. The number of carbonyl (C=O) groups is 1. The van der Waals surface area contributed by atoms with Crippen molar-refractivity contribution in [3.63, 3.8) is 0 Å². The van der Waals surface area contributed by atoms with Crippen molar-refractivity contribution in [1.82, 2.24) is 10.6 Å². The zero-order chi connectivity index (χ0) is 16.5. The molecular formula is C16H22FN3O2. The Morgan fingerprint density at radius 1 is 1.36 bits per heavy atom. The van der Waals surface area contributed by atoms with E-state index >= 15 is 0 Å². The largest absolute Gasteiger partial charge is 0.379 e. The summed E-state index contributed by atoms with van der Waals surface area (Å²) in [4.78, 5) is 11.7. The van der Waals surface area contributed by atoms with Crippen LogP contribution in [0.5, 0.6) is 0 Å². The summed E-state index contributed by atoms with van der Waals surface area (Å²) >= 11 is 0. The number of hydrogen-bond donors (Lipinski definition) is 2. The van der Waals surface area contributed by atoms with Gasteiger partial charge in [0.15, 0.2) is 0 Å². The first-order chi connectivity index (χ1) is 10.4. The van der Waals surface area contributed by atoms with Crippen LogP contribution in [0, 0.1) is 23.1 Å². The fourth-order valence-corrected chi connectivity index (χ4v) is 1.75. The fraction of sp³-hybridized carbons (Fsp3) is 0.500. The van der Waals surface area contributed by atoms with Crippen molar-refractivity contribution in [3.05, 3.63) is 35.1 Å². The van der Waals surface area contributed by atoms with E-state index in [2.05, 4.69) is 24.5 Å². The molecule has 5 nitrogen and oxygen atoms in total. The molecule has 0 saturated heterocycles. The number of urea groups is 1. The predicted molar refractivity (Wildman–Crippen MR) is 81.6 cm³/mol. The highest BCUT2D eigenvalue weighted by molar-refractivity contribution is 5.74. The van der Waals surface area contributed by atoms with Crippen LogP contribution in [-0.4, -0.2) is 25.3 Å². The van der Waals surface area contributed by atoms with Crippen LogP contribution < -0.4 is 10.6 Å². The summed E-state index contributed by atoms with van der Waals surface area (Å²) in [6, 6.07) is 5.43. The number of ether oxygens (including phenoxy) is 1. The lowest BCUT2D eigenvalue weighted by Crippen LogP contribution is -2.42. The molecule has 0 aliphatic rings. The summed E-state index contributed by atoms with van der Waals surface area (Å²) in [6.45, 7) is 7.01. The molecule has 0 radical (unpaired) electrons. The Morgan fingerprint density at radius 3 is 2.73 bits per heavy atom. The molecule has 0 aliphatic carbocycles. The van der Waals surface area contributed by atoms with Crippen LogP contribution in [-0.2, 0) is 11.3 Å².